The van der Waals surface area contributed by atoms with Gasteiger partial charge in [-0.1, -0.05) is 111 Å². The van der Waals surface area contributed by atoms with Gasteiger partial charge in [-0.05, 0) is 71.8 Å². The van der Waals surface area contributed by atoms with E-state index in [1.165, 1.54) is 64.3 Å². The van der Waals surface area contributed by atoms with Crippen molar-refractivity contribution in [3.63, 3.8) is 0 Å². The van der Waals surface area contributed by atoms with Crippen LogP contribution in [0.3, 0.4) is 0 Å². The highest BCUT2D eigenvalue weighted by Gasteiger charge is 2.36. The monoisotopic (exact) mass is 708 g/mol. The topological polar surface area (TPSA) is 35.6 Å². The van der Waals surface area contributed by atoms with Crippen LogP contribution in [0, 0.1) is 0 Å². The minimum Gasteiger partial charge on any atom is -0.309 e. The molecule has 254 valence electrons. The first-order chi connectivity index (χ1) is 26.5. The van der Waals surface area contributed by atoms with Crippen LogP contribution in [0.25, 0.3) is 97.9 Å². The van der Waals surface area contributed by atoms with Crippen molar-refractivity contribution in [3.05, 3.63) is 169 Å². The standard InChI is InChI=1S/C49H32N4S/c1-49(2)37-19-12-18-35-44-34-17-8-11-22-43(34)54-48(44)53(46(35)37)42-26-23-29(28-38(42)49)45-33-16-6-9-20-39(33)50-47(51-45)30-24-25-41-36(27-30)32-15-7-10-21-40(32)52(41)31-13-4-3-5-14-31/h3-28H,1-2H3. The Morgan fingerprint density at radius 2 is 1.24 bits per heavy atom. The summed E-state index contributed by atoms with van der Waals surface area (Å²) < 4.78 is 6.20. The summed E-state index contributed by atoms with van der Waals surface area (Å²) in [7, 11) is 0. The SMILES string of the molecule is CC1(C)c2cc(-c3nc(-c4ccc5c(c4)c4ccccc4n5-c4ccccc4)nc4ccccc34)ccc2-n2c3sc4ccccc4c3c3cccc1c32. The molecule has 0 saturated heterocycles. The fourth-order valence-corrected chi connectivity index (χ4v) is 10.4. The highest BCUT2D eigenvalue weighted by Crippen LogP contribution is 2.51. The Labute approximate surface area is 315 Å². The average Bonchev–Trinajstić information content (AvgIpc) is 3.87. The lowest BCUT2D eigenvalue weighted by molar-refractivity contribution is 0.630. The van der Waals surface area contributed by atoms with Crippen LogP contribution in [0.1, 0.15) is 25.0 Å². The number of hydrogen-bond acceptors (Lipinski definition) is 3. The molecule has 0 saturated carbocycles. The first-order valence-corrected chi connectivity index (χ1v) is 19.3. The highest BCUT2D eigenvalue weighted by molar-refractivity contribution is 7.25. The second kappa shape index (κ2) is 10.8. The van der Waals surface area contributed by atoms with Gasteiger partial charge >= 0.3 is 0 Å². The zero-order chi connectivity index (χ0) is 35.7. The molecule has 0 N–H and O–H groups in total. The molecule has 1 aliphatic heterocycles. The van der Waals surface area contributed by atoms with E-state index in [0.29, 0.717) is 0 Å². The minimum absolute atomic E-state index is 0.221. The maximum absolute atomic E-state index is 5.42. The predicted octanol–water partition coefficient (Wildman–Crippen LogP) is 13.0. The lowest BCUT2D eigenvalue weighted by atomic mass is 9.74. The Morgan fingerprint density at radius 3 is 2.13 bits per heavy atom. The summed E-state index contributed by atoms with van der Waals surface area (Å²) in [5.41, 5.74) is 12.5. The van der Waals surface area contributed by atoms with E-state index in [1.807, 2.05) is 11.3 Å². The molecule has 5 heteroatoms. The van der Waals surface area contributed by atoms with Crippen molar-refractivity contribution in [2.75, 3.05) is 0 Å². The maximum Gasteiger partial charge on any atom is 0.160 e. The van der Waals surface area contributed by atoms with Gasteiger partial charge in [-0.25, -0.2) is 9.97 Å². The molecule has 0 amide bonds. The highest BCUT2D eigenvalue weighted by atomic mass is 32.1. The van der Waals surface area contributed by atoms with E-state index in [0.717, 1.165) is 44.8 Å². The van der Waals surface area contributed by atoms with E-state index in [1.54, 1.807) is 0 Å². The van der Waals surface area contributed by atoms with Crippen LogP contribution in [0.4, 0.5) is 0 Å². The third-order valence-electron chi connectivity index (χ3n) is 11.7. The molecule has 54 heavy (non-hydrogen) atoms. The average molecular weight is 709 g/mol. The van der Waals surface area contributed by atoms with Gasteiger partial charge in [0.25, 0.3) is 0 Å². The quantitative estimate of drug-likeness (QED) is 0.183. The number of nitrogens with zero attached hydrogens (tertiary/aromatic N) is 4. The number of aromatic nitrogens is 4. The third kappa shape index (κ3) is 3.97. The van der Waals surface area contributed by atoms with E-state index < -0.39 is 0 Å². The zero-order valence-electron chi connectivity index (χ0n) is 29.7. The van der Waals surface area contributed by atoms with Gasteiger partial charge < -0.3 is 9.13 Å². The molecule has 4 aromatic heterocycles. The summed E-state index contributed by atoms with van der Waals surface area (Å²) in [6.07, 6.45) is 0. The van der Waals surface area contributed by atoms with Crippen molar-refractivity contribution in [2.45, 2.75) is 19.3 Å². The van der Waals surface area contributed by atoms with Crippen LogP contribution in [0.2, 0.25) is 0 Å². The molecule has 12 rings (SSSR count). The summed E-state index contributed by atoms with van der Waals surface area (Å²) in [4.78, 5) is 11.9. The lowest BCUT2D eigenvalue weighted by Crippen LogP contribution is -2.26. The van der Waals surface area contributed by atoms with Gasteiger partial charge in [0.05, 0.1) is 33.4 Å². The van der Waals surface area contributed by atoms with Crippen LogP contribution >= 0.6 is 11.3 Å². The van der Waals surface area contributed by atoms with Gasteiger partial charge in [-0.3, -0.25) is 0 Å². The molecule has 0 radical (unpaired) electrons. The zero-order valence-corrected chi connectivity index (χ0v) is 30.5. The molecular weight excluding hydrogens is 677 g/mol. The fourth-order valence-electron chi connectivity index (χ4n) is 9.19. The van der Waals surface area contributed by atoms with Crippen LogP contribution in [-0.2, 0) is 5.41 Å². The molecule has 0 aliphatic carbocycles. The van der Waals surface area contributed by atoms with Gasteiger partial charge in [0.2, 0.25) is 0 Å². The van der Waals surface area contributed by atoms with Gasteiger partial charge in [0.15, 0.2) is 5.82 Å². The number of para-hydroxylation sites is 4. The number of hydrogen-bond donors (Lipinski definition) is 0. The molecule has 4 nitrogen and oxygen atoms in total. The van der Waals surface area contributed by atoms with Crippen molar-refractivity contribution in [1.29, 1.82) is 0 Å². The fraction of sp³-hybridized carbons (Fsp3) is 0.0612. The van der Waals surface area contributed by atoms with Crippen molar-refractivity contribution in [3.8, 4) is 34.0 Å². The van der Waals surface area contributed by atoms with E-state index in [4.69, 9.17) is 9.97 Å². The van der Waals surface area contributed by atoms with E-state index in [2.05, 4.69) is 181 Å². The van der Waals surface area contributed by atoms with Gasteiger partial charge in [-0.2, -0.15) is 0 Å². The molecule has 0 unspecified atom stereocenters. The number of thiophene rings is 1. The smallest absolute Gasteiger partial charge is 0.160 e. The molecule has 0 spiro atoms. The third-order valence-corrected chi connectivity index (χ3v) is 12.9. The van der Waals surface area contributed by atoms with E-state index >= 15 is 0 Å². The predicted molar refractivity (Wildman–Crippen MR) is 227 cm³/mol. The first kappa shape index (κ1) is 30.0. The molecule has 0 atom stereocenters. The van der Waals surface area contributed by atoms with Gasteiger partial charge in [0.1, 0.15) is 4.83 Å². The Morgan fingerprint density at radius 1 is 0.519 bits per heavy atom. The summed E-state index contributed by atoms with van der Waals surface area (Å²) in [6.45, 7) is 4.75. The Hall–Kier alpha value is -6.56. The lowest BCUT2D eigenvalue weighted by Gasteiger charge is -2.35. The number of benzene rings is 7. The van der Waals surface area contributed by atoms with E-state index in [9.17, 15) is 0 Å². The molecule has 5 heterocycles. The van der Waals surface area contributed by atoms with Crippen LogP contribution in [-0.4, -0.2) is 19.1 Å². The molecule has 0 bridgehead atoms. The first-order valence-electron chi connectivity index (χ1n) is 18.5. The van der Waals surface area contributed by atoms with Crippen molar-refractivity contribution < 1.29 is 0 Å². The molecule has 1 aliphatic rings. The maximum atomic E-state index is 5.42. The number of fused-ring (bicyclic) bond motifs is 11. The molecule has 0 fully saturated rings. The summed E-state index contributed by atoms with van der Waals surface area (Å²) in [5.74, 6) is 0.726. The van der Waals surface area contributed by atoms with Crippen LogP contribution < -0.4 is 0 Å². The Bertz CT molecular complexity index is 3360. The van der Waals surface area contributed by atoms with Crippen molar-refractivity contribution in [1.82, 2.24) is 19.1 Å². The summed E-state index contributed by atoms with van der Waals surface area (Å²) in [6, 6.07) is 57.0. The Kier molecular flexibility index (Phi) is 5.96. The van der Waals surface area contributed by atoms with Crippen LogP contribution in [0.15, 0.2) is 158 Å². The normalized spacial score (nSPS) is 13.5. The second-order valence-electron chi connectivity index (χ2n) is 15.0. The molecular formula is C49H32N4S. The van der Waals surface area contributed by atoms with Gasteiger partial charge in [0, 0.05) is 59.2 Å². The minimum atomic E-state index is -0.221. The Balaban J connectivity index is 1.07. The second-order valence-corrected chi connectivity index (χ2v) is 16.0. The summed E-state index contributed by atoms with van der Waals surface area (Å²) in [5, 5.41) is 7.47. The van der Waals surface area contributed by atoms with Gasteiger partial charge in [-0.15, -0.1) is 11.3 Å². The molecule has 7 aromatic carbocycles. The largest absolute Gasteiger partial charge is 0.309 e. The molecule has 11 aromatic rings. The number of rotatable bonds is 3. The van der Waals surface area contributed by atoms with Crippen LogP contribution in [0.5, 0.6) is 0 Å². The summed E-state index contributed by atoms with van der Waals surface area (Å²) >= 11 is 1.89. The van der Waals surface area contributed by atoms with Crippen molar-refractivity contribution >= 4 is 75.3 Å². The van der Waals surface area contributed by atoms with E-state index in [-0.39, 0.29) is 5.41 Å². The van der Waals surface area contributed by atoms with Crippen molar-refractivity contribution in [2.24, 2.45) is 0 Å².